The summed E-state index contributed by atoms with van der Waals surface area (Å²) in [4.78, 5) is 23.5. The van der Waals surface area contributed by atoms with E-state index in [9.17, 15) is 9.59 Å². The Bertz CT molecular complexity index is 755. The van der Waals surface area contributed by atoms with Crippen LogP contribution in [0.3, 0.4) is 0 Å². The predicted octanol–water partition coefficient (Wildman–Crippen LogP) is 2.43. The number of methoxy groups -OCH3 is 1. The highest BCUT2D eigenvalue weighted by Crippen LogP contribution is 2.30. The van der Waals surface area contributed by atoms with E-state index in [1.807, 2.05) is 18.2 Å². The second-order valence-corrected chi connectivity index (χ2v) is 5.27. The van der Waals surface area contributed by atoms with Gasteiger partial charge >= 0.3 is 5.97 Å². The number of hydrogen-bond donors (Lipinski definition) is 1. The van der Waals surface area contributed by atoms with Gasteiger partial charge in [-0.3, -0.25) is 4.79 Å². The Kier molecular flexibility index (Phi) is 4.65. The number of carbonyl (C=O) groups excluding carboxylic acids is 2. The molecule has 6 heteroatoms. The zero-order valence-corrected chi connectivity index (χ0v) is 13.2. The van der Waals surface area contributed by atoms with E-state index in [0.717, 1.165) is 5.56 Å². The van der Waals surface area contributed by atoms with Gasteiger partial charge < -0.3 is 19.5 Å². The fourth-order valence-electron chi connectivity index (χ4n) is 2.40. The Morgan fingerprint density at radius 2 is 1.75 bits per heavy atom. The maximum Gasteiger partial charge on any atom is 0.337 e. The molecule has 0 unspecified atom stereocenters. The first-order valence-electron chi connectivity index (χ1n) is 7.52. The molecule has 124 valence electrons. The number of amides is 1. The van der Waals surface area contributed by atoms with E-state index in [4.69, 9.17) is 9.47 Å². The lowest BCUT2D eigenvalue weighted by atomic mass is 10.1. The highest BCUT2D eigenvalue weighted by atomic mass is 16.6. The average Bonchev–Trinajstić information content (AvgIpc) is 2.61. The predicted molar refractivity (Wildman–Crippen MR) is 87.5 cm³/mol. The molecule has 6 nitrogen and oxygen atoms in total. The molecule has 1 aliphatic heterocycles. The molecule has 1 N–H and O–H groups in total. The van der Waals surface area contributed by atoms with Crippen molar-refractivity contribution in [2.24, 2.45) is 0 Å². The quantitative estimate of drug-likeness (QED) is 0.873. The molecule has 0 saturated carbocycles. The van der Waals surface area contributed by atoms with Crippen LogP contribution in [0.4, 0.5) is 5.69 Å². The lowest BCUT2D eigenvalue weighted by molar-refractivity contribution is -0.115. The van der Waals surface area contributed by atoms with Gasteiger partial charge in [-0.1, -0.05) is 6.07 Å². The fourth-order valence-corrected chi connectivity index (χ4v) is 2.40. The van der Waals surface area contributed by atoms with Gasteiger partial charge in [0.25, 0.3) is 0 Å². The van der Waals surface area contributed by atoms with Crippen molar-refractivity contribution < 1.29 is 23.8 Å². The molecular formula is C18H17NO5. The summed E-state index contributed by atoms with van der Waals surface area (Å²) >= 11 is 0. The van der Waals surface area contributed by atoms with Crippen LogP contribution in [0, 0.1) is 0 Å². The highest BCUT2D eigenvalue weighted by molar-refractivity contribution is 5.94. The van der Waals surface area contributed by atoms with E-state index in [2.05, 4.69) is 10.1 Å². The second kappa shape index (κ2) is 7.04. The van der Waals surface area contributed by atoms with Crippen molar-refractivity contribution in [1.29, 1.82) is 0 Å². The maximum atomic E-state index is 12.2. The lowest BCUT2D eigenvalue weighted by Gasteiger charge is -2.18. The smallest absolute Gasteiger partial charge is 0.337 e. The molecule has 0 fully saturated rings. The minimum absolute atomic E-state index is 0.155. The minimum Gasteiger partial charge on any atom is -0.486 e. The Hall–Kier alpha value is -3.02. The van der Waals surface area contributed by atoms with E-state index in [1.165, 1.54) is 7.11 Å². The largest absolute Gasteiger partial charge is 0.486 e. The molecule has 0 bridgehead atoms. The third kappa shape index (κ3) is 3.65. The molecule has 0 radical (unpaired) electrons. The Balaban J connectivity index is 1.62. The van der Waals surface area contributed by atoms with Crippen molar-refractivity contribution in [3.8, 4) is 11.5 Å². The van der Waals surface area contributed by atoms with Crippen molar-refractivity contribution in [2.75, 3.05) is 25.6 Å². The molecule has 1 aliphatic rings. The lowest BCUT2D eigenvalue weighted by Crippen LogP contribution is -2.17. The maximum absolute atomic E-state index is 12.2. The molecule has 1 amide bonds. The Morgan fingerprint density at radius 1 is 1.04 bits per heavy atom. The summed E-state index contributed by atoms with van der Waals surface area (Å²) in [5, 5.41) is 2.79. The third-order valence-electron chi connectivity index (χ3n) is 3.56. The first-order chi connectivity index (χ1) is 11.7. The summed E-state index contributed by atoms with van der Waals surface area (Å²) in [6.45, 7) is 1.05. The van der Waals surface area contributed by atoms with Gasteiger partial charge in [0.2, 0.25) is 5.91 Å². The van der Waals surface area contributed by atoms with Crippen molar-refractivity contribution in [2.45, 2.75) is 6.42 Å². The van der Waals surface area contributed by atoms with Gasteiger partial charge in [0.1, 0.15) is 13.2 Å². The molecule has 2 aromatic rings. The van der Waals surface area contributed by atoms with Crippen LogP contribution in [0.1, 0.15) is 15.9 Å². The first-order valence-corrected chi connectivity index (χ1v) is 7.52. The van der Waals surface area contributed by atoms with Crippen LogP contribution in [-0.2, 0) is 16.0 Å². The van der Waals surface area contributed by atoms with E-state index in [-0.39, 0.29) is 12.3 Å². The molecule has 0 spiro atoms. The van der Waals surface area contributed by atoms with Crippen LogP contribution >= 0.6 is 0 Å². The normalized spacial score (nSPS) is 12.4. The highest BCUT2D eigenvalue weighted by Gasteiger charge is 2.13. The number of ether oxygens (including phenoxy) is 3. The van der Waals surface area contributed by atoms with Gasteiger partial charge in [0.05, 0.1) is 19.1 Å². The number of rotatable bonds is 4. The van der Waals surface area contributed by atoms with Gasteiger partial charge in [-0.15, -0.1) is 0 Å². The van der Waals surface area contributed by atoms with Gasteiger partial charge in [0.15, 0.2) is 11.5 Å². The fraction of sp³-hybridized carbons (Fsp3) is 0.222. The van der Waals surface area contributed by atoms with E-state index < -0.39 is 5.97 Å². The van der Waals surface area contributed by atoms with Crippen molar-refractivity contribution in [1.82, 2.24) is 0 Å². The third-order valence-corrected chi connectivity index (χ3v) is 3.56. The molecule has 3 rings (SSSR count). The summed E-state index contributed by atoms with van der Waals surface area (Å²) < 4.78 is 15.6. The molecular weight excluding hydrogens is 310 g/mol. The zero-order valence-electron chi connectivity index (χ0n) is 13.2. The monoisotopic (exact) mass is 327 g/mol. The number of benzene rings is 2. The zero-order chi connectivity index (χ0) is 16.9. The average molecular weight is 327 g/mol. The second-order valence-electron chi connectivity index (χ2n) is 5.27. The molecule has 2 aromatic carbocycles. The van der Waals surface area contributed by atoms with Crippen molar-refractivity contribution in [3.05, 3.63) is 53.6 Å². The van der Waals surface area contributed by atoms with Crippen LogP contribution in [0.2, 0.25) is 0 Å². The van der Waals surface area contributed by atoms with Crippen LogP contribution < -0.4 is 14.8 Å². The summed E-state index contributed by atoms with van der Waals surface area (Å²) in [6, 6.07) is 12.0. The number of anilines is 1. The summed E-state index contributed by atoms with van der Waals surface area (Å²) in [6.07, 6.45) is 0.218. The van der Waals surface area contributed by atoms with Crippen molar-refractivity contribution in [3.63, 3.8) is 0 Å². The molecule has 0 atom stereocenters. The van der Waals surface area contributed by atoms with Crippen LogP contribution in [0.5, 0.6) is 11.5 Å². The van der Waals surface area contributed by atoms with Gasteiger partial charge in [-0.05, 0) is 42.0 Å². The van der Waals surface area contributed by atoms with E-state index >= 15 is 0 Å². The standard InChI is InChI=1S/C18H17NO5/c1-22-18(21)13-3-5-14(6-4-13)19-17(20)11-12-2-7-15-16(10-12)24-9-8-23-15/h2-7,10H,8-9,11H2,1H3,(H,19,20). The SMILES string of the molecule is COC(=O)c1ccc(NC(=O)Cc2ccc3c(c2)OCCO3)cc1. The molecule has 0 aromatic heterocycles. The number of carbonyl (C=O) groups is 2. The molecule has 0 saturated heterocycles. The summed E-state index contributed by atoms with van der Waals surface area (Å²) in [5.41, 5.74) is 1.88. The van der Waals surface area contributed by atoms with Gasteiger partial charge in [0, 0.05) is 5.69 Å². The summed E-state index contributed by atoms with van der Waals surface area (Å²) in [7, 11) is 1.32. The first kappa shape index (κ1) is 15.9. The Labute approximate surface area is 139 Å². The van der Waals surface area contributed by atoms with Crippen LogP contribution in [0.25, 0.3) is 0 Å². The number of esters is 1. The topological polar surface area (TPSA) is 73.9 Å². The number of nitrogens with one attached hydrogen (secondary N) is 1. The molecule has 24 heavy (non-hydrogen) atoms. The summed E-state index contributed by atoms with van der Waals surface area (Å²) in [5.74, 6) is 0.791. The van der Waals surface area contributed by atoms with E-state index in [1.54, 1.807) is 24.3 Å². The molecule has 1 heterocycles. The van der Waals surface area contributed by atoms with Gasteiger partial charge in [-0.25, -0.2) is 4.79 Å². The Morgan fingerprint density at radius 3 is 2.46 bits per heavy atom. The van der Waals surface area contributed by atoms with E-state index in [0.29, 0.717) is 36.0 Å². The molecule has 0 aliphatic carbocycles. The minimum atomic E-state index is -0.413. The van der Waals surface area contributed by atoms with Crippen molar-refractivity contribution >= 4 is 17.6 Å². The van der Waals surface area contributed by atoms with Crippen LogP contribution in [-0.4, -0.2) is 32.2 Å². The van der Waals surface area contributed by atoms with Gasteiger partial charge in [-0.2, -0.15) is 0 Å². The number of fused-ring (bicyclic) bond motifs is 1. The number of hydrogen-bond acceptors (Lipinski definition) is 5. The van der Waals surface area contributed by atoms with Crippen LogP contribution in [0.15, 0.2) is 42.5 Å².